The summed E-state index contributed by atoms with van der Waals surface area (Å²) < 4.78 is 12.0. The number of aromatic nitrogens is 3. The van der Waals surface area contributed by atoms with Crippen LogP contribution >= 0.6 is 11.3 Å². The van der Waals surface area contributed by atoms with E-state index >= 15 is 0 Å². The number of hydrogen-bond acceptors (Lipinski definition) is 10. The number of ether oxygens (including phenoxy) is 2. The molecule has 0 unspecified atom stereocenters. The minimum atomic E-state index is -0.226. The van der Waals surface area contributed by atoms with Gasteiger partial charge < -0.3 is 29.5 Å². The van der Waals surface area contributed by atoms with Crippen molar-refractivity contribution < 1.29 is 14.3 Å². The number of nitrogens with one attached hydrogen (secondary N) is 1. The molecule has 0 aromatic carbocycles. The first-order valence-electron chi connectivity index (χ1n) is 13.6. The third-order valence-electron chi connectivity index (χ3n) is 7.60. The van der Waals surface area contributed by atoms with Gasteiger partial charge >= 0.3 is 0 Å². The van der Waals surface area contributed by atoms with Gasteiger partial charge in [-0.05, 0) is 50.3 Å². The van der Waals surface area contributed by atoms with Crippen molar-refractivity contribution in [3.63, 3.8) is 0 Å². The van der Waals surface area contributed by atoms with Crippen molar-refractivity contribution in [1.29, 1.82) is 0 Å². The fourth-order valence-corrected chi connectivity index (χ4v) is 6.40. The Kier molecular flexibility index (Phi) is 7.57. The van der Waals surface area contributed by atoms with Crippen molar-refractivity contribution in [2.24, 2.45) is 0 Å². The lowest BCUT2D eigenvalue weighted by molar-refractivity contribution is 0.0817. The molecule has 0 bridgehead atoms. The Hall–Kier alpha value is -3.02. The summed E-state index contributed by atoms with van der Waals surface area (Å²) in [5.74, 6) is 1.40. The zero-order valence-corrected chi connectivity index (χ0v) is 22.7. The summed E-state index contributed by atoms with van der Waals surface area (Å²) in [6, 6.07) is 7.69. The normalized spacial score (nSPS) is 19.2. The number of methoxy groups -OCH3 is 1. The van der Waals surface area contributed by atoms with E-state index in [2.05, 4.69) is 20.0 Å². The summed E-state index contributed by atoms with van der Waals surface area (Å²) in [6.07, 6.45) is 5.67. The third kappa shape index (κ3) is 5.41. The highest BCUT2D eigenvalue weighted by Gasteiger charge is 2.24. The third-order valence-corrected chi connectivity index (χ3v) is 8.66. The molecular formula is C27H35N7O3S. The van der Waals surface area contributed by atoms with Gasteiger partial charge in [0.25, 0.3) is 5.91 Å². The van der Waals surface area contributed by atoms with Crippen molar-refractivity contribution >= 4 is 50.0 Å². The minimum Gasteiger partial charge on any atom is -0.381 e. The molecule has 0 radical (unpaired) electrons. The summed E-state index contributed by atoms with van der Waals surface area (Å²) >= 11 is 1.61. The van der Waals surface area contributed by atoms with Crippen LogP contribution in [0, 0.1) is 0 Å². The van der Waals surface area contributed by atoms with Gasteiger partial charge in [-0.15, -0.1) is 0 Å². The number of pyridine rings is 2. The van der Waals surface area contributed by atoms with Crippen molar-refractivity contribution in [3.05, 3.63) is 30.0 Å². The van der Waals surface area contributed by atoms with Crippen LogP contribution in [0.15, 0.2) is 24.3 Å². The van der Waals surface area contributed by atoms with Crippen LogP contribution in [0.1, 0.15) is 42.6 Å². The van der Waals surface area contributed by atoms with Crippen LogP contribution in [-0.4, -0.2) is 86.6 Å². The van der Waals surface area contributed by atoms with Crippen LogP contribution in [0.2, 0.25) is 0 Å². The van der Waals surface area contributed by atoms with E-state index < -0.39 is 0 Å². The first kappa shape index (κ1) is 25.3. The summed E-state index contributed by atoms with van der Waals surface area (Å²) in [4.78, 5) is 34.8. The molecule has 3 aromatic heterocycles. The fraction of sp³-hybridized carbons (Fsp3) is 0.556. The maximum Gasteiger partial charge on any atom is 0.274 e. The summed E-state index contributed by atoms with van der Waals surface area (Å²) in [5, 5.41) is 4.11. The Morgan fingerprint density at radius 1 is 0.974 bits per heavy atom. The number of nitrogens with zero attached hydrogens (tertiary/aromatic N) is 6. The lowest BCUT2D eigenvalue weighted by Gasteiger charge is -2.32. The Labute approximate surface area is 227 Å². The van der Waals surface area contributed by atoms with Crippen LogP contribution in [0.3, 0.4) is 0 Å². The van der Waals surface area contributed by atoms with Gasteiger partial charge in [0.15, 0.2) is 16.6 Å². The molecule has 3 saturated heterocycles. The molecule has 3 aromatic rings. The van der Waals surface area contributed by atoms with Gasteiger partial charge in [0.1, 0.15) is 11.5 Å². The molecule has 3 aliphatic heterocycles. The minimum absolute atomic E-state index is 0.226. The number of piperidine rings is 2. The largest absolute Gasteiger partial charge is 0.381 e. The Bertz CT molecular complexity index is 1260. The first-order chi connectivity index (χ1) is 18.7. The van der Waals surface area contributed by atoms with Crippen molar-refractivity contribution in [2.45, 2.75) is 38.2 Å². The second-order valence-corrected chi connectivity index (χ2v) is 11.1. The van der Waals surface area contributed by atoms with E-state index in [1.807, 2.05) is 18.2 Å². The average Bonchev–Trinajstić information content (AvgIpc) is 3.41. The maximum atomic E-state index is 13.5. The van der Waals surface area contributed by atoms with E-state index in [4.69, 9.17) is 24.4 Å². The highest BCUT2D eigenvalue weighted by molar-refractivity contribution is 7.22. The number of fused-ring (bicyclic) bond motifs is 1. The number of anilines is 4. The van der Waals surface area contributed by atoms with Gasteiger partial charge in [-0.1, -0.05) is 17.4 Å². The lowest BCUT2D eigenvalue weighted by atomic mass is 10.1. The van der Waals surface area contributed by atoms with Crippen LogP contribution in [0.25, 0.3) is 10.3 Å². The predicted molar refractivity (Wildman–Crippen MR) is 151 cm³/mol. The van der Waals surface area contributed by atoms with Gasteiger partial charge in [-0.2, -0.15) is 4.98 Å². The molecule has 10 nitrogen and oxygen atoms in total. The van der Waals surface area contributed by atoms with Crippen LogP contribution < -0.4 is 20.0 Å². The van der Waals surface area contributed by atoms with Crippen LogP contribution in [-0.2, 0) is 9.47 Å². The summed E-state index contributed by atoms with van der Waals surface area (Å²) in [5.41, 5.74) is 1.85. The van der Waals surface area contributed by atoms with E-state index in [1.165, 1.54) is 6.42 Å². The molecule has 6 rings (SSSR count). The maximum absolute atomic E-state index is 13.5. The van der Waals surface area contributed by atoms with E-state index in [1.54, 1.807) is 24.5 Å². The van der Waals surface area contributed by atoms with Gasteiger partial charge in [-0.25, -0.2) is 9.97 Å². The van der Waals surface area contributed by atoms with Crippen LogP contribution in [0.4, 0.5) is 22.5 Å². The lowest BCUT2D eigenvalue weighted by Crippen LogP contribution is -2.37. The van der Waals surface area contributed by atoms with E-state index in [9.17, 15) is 4.79 Å². The van der Waals surface area contributed by atoms with Gasteiger partial charge in [0, 0.05) is 46.4 Å². The molecule has 1 N–H and O–H groups in total. The predicted octanol–water partition coefficient (Wildman–Crippen LogP) is 3.78. The Morgan fingerprint density at radius 2 is 1.76 bits per heavy atom. The molecule has 0 spiro atoms. The molecule has 0 saturated carbocycles. The van der Waals surface area contributed by atoms with E-state index in [0.717, 1.165) is 97.8 Å². The molecule has 202 valence electrons. The number of carbonyl (C=O) groups is 1. The standard InChI is InChI=1S/C27H35N7O3S/c1-36-19-8-12-32(13-9-19)23-7-5-6-20(28-23)26(35)29-21-18-22-24(30-25(21)33-10-3-2-4-11-33)31-27(38-22)34-14-16-37-17-15-34/h5-7,18-19H,2-4,8-17H2,1H3,(H,29,35). The molecular weight excluding hydrogens is 502 g/mol. The number of hydrogen-bond donors (Lipinski definition) is 1. The number of amides is 1. The van der Waals surface area contributed by atoms with Gasteiger partial charge in [0.2, 0.25) is 0 Å². The topological polar surface area (TPSA) is 96.0 Å². The first-order valence-corrected chi connectivity index (χ1v) is 14.4. The molecule has 38 heavy (non-hydrogen) atoms. The molecule has 0 atom stereocenters. The average molecular weight is 538 g/mol. The zero-order chi connectivity index (χ0) is 25.9. The zero-order valence-electron chi connectivity index (χ0n) is 21.9. The monoisotopic (exact) mass is 537 g/mol. The SMILES string of the molecule is COC1CCN(c2cccc(C(=O)Nc3cc4sc(N5CCOCC5)nc4nc3N3CCCCC3)n2)CC1. The molecule has 3 fully saturated rings. The van der Waals surface area contributed by atoms with Crippen molar-refractivity contribution in [1.82, 2.24) is 15.0 Å². The highest BCUT2D eigenvalue weighted by Crippen LogP contribution is 2.35. The van der Waals surface area contributed by atoms with E-state index in [0.29, 0.717) is 25.0 Å². The summed E-state index contributed by atoms with van der Waals surface area (Å²) in [6.45, 7) is 6.65. The smallest absolute Gasteiger partial charge is 0.274 e. The fourth-order valence-electron chi connectivity index (χ4n) is 5.40. The summed E-state index contributed by atoms with van der Waals surface area (Å²) in [7, 11) is 1.77. The Morgan fingerprint density at radius 3 is 2.53 bits per heavy atom. The molecule has 0 aliphatic carbocycles. The molecule has 6 heterocycles. The van der Waals surface area contributed by atoms with Gasteiger partial charge in [-0.3, -0.25) is 4.79 Å². The van der Waals surface area contributed by atoms with Crippen molar-refractivity contribution in [2.75, 3.05) is 79.6 Å². The number of rotatable bonds is 6. The number of carbonyl (C=O) groups excluding carboxylic acids is 1. The second-order valence-electron chi connectivity index (χ2n) is 10.1. The van der Waals surface area contributed by atoms with Crippen molar-refractivity contribution in [3.8, 4) is 0 Å². The molecule has 3 aliphatic rings. The quantitative estimate of drug-likeness (QED) is 0.504. The van der Waals surface area contributed by atoms with Crippen LogP contribution in [0.5, 0.6) is 0 Å². The Balaban J connectivity index is 1.27. The number of morpholine rings is 1. The molecule has 1 amide bonds. The highest BCUT2D eigenvalue weighted by atomic mass is 32.1. The second kappa shape index (κ2) is 11.4. The van der Waals surface area contributed by atoms with Gasteiger partial charge in [0.05, 0.1) is 29.7 Å². The number of thiazole rings is 1. The van der Waals surface area contributed by atoms with E-state index in [-0.39, 0.29) is 5.91 Å². The molecule has 11 heteroatoms.